The van der Waals surface area contributed by atoms with Crippen LogP contribution in [0.2, 0.25) is 0 Å². The van der Waals surface area contributed by atoms with E-state index < -0.39 is 0 Å². The van der Waals surface area contributed by atoms with Gasteiger partial charge in [-0.15, -0.1) is 0 Å². The molecule has 0 bridgehead atoms. The molecule has 3 atom stereocenters. The van der Waals surface area contributed by atoms with Crippen LogP contribution in [0.5, 0.6) is 0 Å². The second-order valence-electron chi connectivity index (χ2n) is 6.80. The number of rotatable bonds is 4. The van der Waals surface area contributed by atoms with Crippen molar-refractivity contribution in [1.29, 1.82) is 0 Å². The molecular formula is C16H25NO2. The van der Waals surface area contributed by atoms with Crippen LogP contribution < -0.4 is 5.32 Å². The van der Waals surface area contributed by atoms with Gasteiger partial charge in [-0.25, -0.2) is 0 Å². The fourth-order valence-electron chi connectivity index (χ4n) is 3.06. The zero-order chi connectivity index (χ0) is 13.5. The molecule has 1 aromatic heterocycles. The molecule has 1 aliphatic heterocycles. The Morgan fingerprint density at radius 1 is 1.37 bits per heavy atom. The van der Waals surface area contributed by atoms with Crippen molar-refractivity contribution >= 4 is 0 Å². The zero-order valence-electron chi connectivity index (χ0n) is 12.2. The van der Waals surface area contributed by atoms with Gasteiger partial charge in [-0.2, -0.15) is 0 Å². The molecule has 3 nitrogen and oxygen atoms in total. The van der Waals surface area contributed by atoms with Gasteiger partial charge in [0.2, 0.25) is 0 Å². The first-order valence-electron chi connectivity index (χ1n) is 7.49. The molecule has 3 rings (SSSR count). The van der Waals surface area contributed by atoms with Crippen LogP contribution in [0, 0.1) is 5.92 Å². The molecule has 1 N–H and O–H groups in total. The van der Waals surface area contributed by atoms with E-state index in [-0.39, 0.29) is 5.60 Å². The molecule has 2 aliphatic rings. The number of nitrogens with one attached hydrogen (secondary N) is 1. The predicted octanol–water partition coefficient (Wildman–Crippen LogP) is 3.45. The van der Waals surface area contributed by atoms with E-state index >= 15 is 0 Å². The third-order valence-electron chi connectivity index (χ3n) is 4.42. The topological polar surface area (TPSA) is 34.4 Å². The van der Waals surface area contributed by atoms with Crippen molar-refractivity contribution < 1.29 is 9.15 Å². The van der Waals surface area contributed by atoms with Crippen molar-refractivity contribution in [2.24, 2.45) is 5.92 Å². The second kappa shape index (κ2) is 4.95. The van der Waals surface area contributed by atoms with Gasteiger partial charge >= 0.3 is 0 Å². The molecule has 0 spiro atoms. The van der Waals surface area contributed by atoms with Crippen molar-refractivity contribution in [2.75, 3.05) is 6.61 Å². The third kappa shape index (κ3) is 3.21. The lowest BCUT2D eigenvalue weighted by Gasteiger charge is -2.35. The molecule has 1 aromatic rings. The van der Waals surface area contributed by atoms with E-state index in [4.69, 9.17) is 9.15 Å². The van der Waals surface area contributed by atoms with Crippen LogP contribution in [-0.2, 0) is 11.3 Å². The Hall–Kier alpha value is -0.800. The van der Waals surface area contributed by atoms with Crippen LogP contribution in [0.25, 0.3) is 0 Å². The standard InChI is InChI=1S/C16H25NO2/c1-11-8-14(11)15-5-4-13(19-15)10-17-12-6-7-18-16(2,3)9-12/h4-5,11-12,14,17H,6-10H2,1-3H3. The van der Waals surface area contributed by atoms with Crippen LogP contribution >= 0.6 is 0 Å². The normalized spacial score (nSPS) is 33.3. The van der Waals surface area contributed by atoms with Crippen molar-refractivity contribution in [3.8, 4) is 0 Å². The number of furan rings is 1. The Labute approximate surface area is 115 Å². The molecule has 1 saturated heterocycles. The third-order valence-corrected chi connectivity index (χ3v) is 4.42. The Kier molecular flexibility index (Phi) is 3.44. The van der Waals surface area contributed by atoms with Gasteiger partial charge in [0, 0.05) is 18.6 Å². The van der Waals surface area contributed by atoms with Gasteiger partial charge in [0.05, 0.1) is 12.1 Å². The maximum Gasteiger partial charge on any atom is 0.117 e. The molecule has 2 heterocycles. The van der Waals surface area contributed by atoms with Crippen molar-refractivity contribution in [3.05, 3.63) is 23.7 Å². The summed E-state index contributed by atoms with van der Waals surface area (Å²) < 4.78 is 11.7. The summed E-state index contributed by atoms with van der Waals surface area (Å²) in [6.45, 7) is 8.31. The first-order valence-corrected chi connectivity index (χ1v) is 7.49. The Balaban J connectivity index is 1.50. The average molecular weight is 263 g/mol. The minimum absolute atomic E-state index is 0.00762. The smallest absolute Gasteiger partial charge is 0.117 e. The number of ether oxygens (including phenoxy) is 1. The highest BCUT2D eigenvalue weighted by Crippen LogP contribution is 2.47. The lowest BCUT2D eigenvalue weighted by Crippen LogP contribution is -2.43. The monoisotopic (exact) mass is 263 g/mol. The van der Waals surface area contributed by atoms with E-state index in [9.17, 15) is 0 Å². The van der Waals surface area contributed by atoms with E-state index in [1.165, 1.54) is 12.2 Å². The van der Waals surface area contributed by atoms with Gasteiger partial charge in [0.1, 0.15) is 11.5 Å². The lowest BCUT2D eigenvalue weighted by atomic mass is 9.94. The predicted molar refractivity (Wildman–Crippen MR) is 75.1 cm³/mol. The first kappa shape index (κ1) is 13.2. The number of hydrogen-bond acceptors (Lipinski definition) is 3. The summed E-state index contributed by atoms with van der Waals surface area (Å²) in [7, 11) is 0. The second-order valence-corrected chi connectivity index (χ2v) is 6.80. The molecule has 2 fully saturated rings. The van der Waals surface area contributed by atoms with E-state index in [0.29, 0.717) is 12.0 Å². The average Bonchev–Trinajstić information content (AvgIpc) is 2.90. The zero-order valence-corrected chi connectivity index (χ0v) is 12.2. The Bertz CT molecular complexity index is 438. The van der Waals surface area contributed by atoms with E-state index in [0.717, 1.165) is 37.7 Å². The minimum atomic E-state index is 0.00762. The molecule has 0 amide bonds. The fourth-order valence-corrected chi connectivity index (χ4v) is 3.06. The SMILES string of the molecule is CC1CC1c1ccc(CNC2CCOC(C)(C)C2)o1. The van der Waals surface area contributed by atoms with Crippen molar-refractivity contribution in [3.63, 3.8) is 0 Å². The molecule has 19 heavy (non-hydrogen) atoms. The summed E-state index contributed by atoms with van der Waals surface area (Å²) >= 11 is 0. The van der Waals surface area contributed by atoms with Gasteiger partial charge in [0.25, 0.3) is 0 Å². The molecule has 0 aromatic carbocycles. The first-order chi connectivity index (χ1) is 9.03. The van der Waals surface area contributed by atoms with Gasteiger partial charge in [0.15, 0.2) is 0 Å². The lowest BCUT2D eigenvalue weighted by molar-refractivity contribution is -0.0632. The van der Waals surface area contributed by atoms with Crippen LogP contribution in [0.1, 0.15) is 57.5 Å². The summed E-state index contributed by atoms with van der Waals surface area (Å²) in [5.74, 6) is 3.73. The van der Waals surface area contributed by atoms with Crippen LogP contribution in [0.15, 0.2) is 16.5 Å². The van der Waals surface area contributed by atoms with Crippen LogP contribution in [0.3, 0.4) is 0 Å². The van der Waals surface area contributed by atoms with Gasteiger partial charge < -0.3 is 14.5 Å². The van der Waals surface area contributed by atoms with E-state index in [1.54, 1.807) is 0 Å². The maximum absolute atomic E-state index is 5.93. The highest BCUT2D eigenvalue weighted by molar-refractivity contribution is 5.17. The fraction of sp³-hybridized carbons (Fsp3) is 0.750. The Morgan fingerprint density at radius 2 is 2.16 bits per heavy atom. The van der Waals surface area contributed by atoms with Crippen molar-refractivity contribution in [1.82, 2.24) is 5.32 Å². The molecule has 1 saturated carbocycles. The molecule has 3 unspecified atom stereocenters. The highest BCUT2D eigenvalue weighted by Gasteiger charge is 2.36. The van der Waals surface area contributed by atoms with Gasteiger partial charge in [-0.1, -0.05) is 6.92 Å². The summed E-state index contributed by atoms with van der Waals surface area (Å²) in [6, 6.07) is 4.81. The molecular weight excluding hydrogens is 238 g/mol. The molecule has 3 heteroatoms. The van der Waals surface area contributed by atoms with Crippen molar-refractivity contribution in [2.45, 2.75) is 64.1 Å². The molecule has 106 valence electrons. The van der Waals surface area contributed by atoms with E-state index in [2.05, 4.69) is 38.2 Å². The summed E-state index contributed by atoms with van der Waals surface area (Å²) in [4.78, 5) is 0. The Morgan fingerprint density at radius 3 is 2.84 bits per heavy atom. The number of hydrogen-bond donors (Lipinski definition) is 1. The van der Waals surface area contributed by atoms with E-state index in [1.807, 2.05) is 0 Å². The highest BCUT2D eigenvalue weighted by atomic mass is 16.5. The largest absolute Gasteiger partial charge is 0.464 e. The molecule has 0 radical (unpaired) electrons. The summed E-state index contributed by atoms with van der Waals surface area (Å²) in [5, 5.41) is 3.60. The quantitative estimate of drug-likeness (QED) is 0.903. The molecule has 1 aliphatic carbocycles. The summed E-state index contributed by atoms with van der Waals surface area (Å²) in [5.41, 5.74) is 0.00762. The summed E-state index contributed by atoms with van der Waals surface area (Å²) in [6.07, 6.45) is 3.45. The minimum Gasteiger partial charge on any atom is -0.464 e. The van der Waals surface area contributed by atoms with Crippen LogP contribution in [0.4, 0.5) is 0 Å². The van der Waals surface area contributed by atoms with Gasteiger partial charge in [-0.3, -0.25) is 0 Å². The maximum atomic E-state index is 5.93. The van der Waals surface area contributed by atoms with Gasteiger partial charge in [-0.05, 0) is 51.2 Å². The van der Waals surface area contributed by atoms with Crippen LogP contribution in [-0.4, -0.2) is 18.2 Å².